The van der Waals surface area contributed by atoms with Gasteiger partial charge in [0.15, 0.2) is 0 Å². The van der Waals surface area contributed by atoms with Crippen molar-refractivity contribution < 1.29 is 0 Å². The minimum atomic E-state index is 0.615. The second-order valence-corrected chi connectivity index (χ2v) is 7.66. The maximum Gasteiger partial charge on any atom is 0.0897 e. The summed E-state index contributed by atoms with van der Waals surface area (Å²) in [6.07, 6.45) is 2.05. The molecule has 1 fully saturated rings. The lowest BCUT2D eigenvalue weighted by Crippen LogP contribution is -2.59. The van der Waals surface area contributed by atoms with E-state index in [2.05, 4.69) is 49.8 Å². The van der Waals surface area contributed by atoms with Crippen LogP contribution in [-0.4, -0.2) is 35.1 Å². The molecule has 0 aliphatic carbocycles. The Balaban J connectivity index is 2.07. The first-order valence-electron chi connectivity index (χ1n) is 7.36. The average Bonchev–Trinajstić information content (AvgIpc) is 2.74. The lowest BCUT2D eigenvalue weighted by molar-refractivity contribution is 0.0792. The largest absolute Gasteiger partial charge is 0.311 e. The molecule has 2 heterocycles. The molecule has 108 valence electrons. The highest BCUT2D eigenvalue weighted by Crippen LogP contribution is 2.22. The molecule has 0 saturated carbocycles. The highest BCUT2D eigenvalue weighted by molar-refractivity contribution is 7.11. The van der Waals surface area contributed by atoms with Gasteiger partial charge in [-0.1, -0.05) is 27.7 Å². The molecule has 1 saturated heterocycles. The normalized spacial score (nSPS) is 25.4. The standard InChI is InChI=1S/C15H27N3S/c1-10(2)14-9-18(15(7-17-14)11(3)4)8-13-6-16-12(5)19-13/h6,10-11,14-15,17H,7-9H2,1-5H3. The van der Waals surface area contributed by atoms with Crippen LogP contribution in [0.15, 0.2) is 6.20 Å². The van der Waals surface area contributed by atoms with Crippen LogP contribution in [0.2, 0.25) is 0 Å². The fourth-order valence-corrected chi connectivity index (χ4v) is 3.64. The van der Waals surface area contributed by atoms with Gasteiger partial charge in [0.1, 0.15) is 0 Å². The summed E-state index contributed by atoms with van der Waals surface area (Å²) in [6.45, 7) is 14.7. The summed E-state index contributed by atoms with van der Waals surface area (Å²) in [5, 5.41) is 4.89. The van der Waals surface area contributed by atoms with Crippen molar-refractivity contribution in [3.63, 3.8) is 0 Å². The third kappa shape index (κ3) is 3.77. The van der Waals surface area contributed by atoms with E-state index in [0.29, 0.717) is 23.9 Å². The van der Waals surface area contributed by atoms with E-state index in [1.807, 2.05) is 17.5 Å². The molecule has 2 rings (SSSR count). The highest BCUT2D eigenvalue weighted by atomic mass is 32.1. The first-order valence-corrected chi connectivity index (χ1v) is 8.17. The molecule has 4 heteroatoms. The van der Waals surface area contributed by atoms with Gasteiger partial charge in [-0.25, -0.2) is 4.98 Å². The van der Waals surface area contributed by atoms with E-state index in [1.54, 1.807) is 0 Å². The maximum absolute atomic E-state index is 4.38. The molecule has 1 N–H and O–H groups in total. The minimum Gasteiger partial charge on any atom is -0.311 e. The molecule has 2 unspecified atom stereocenters. The number of piperazine rings is 1. The number of aromatic nitrogens is 1. The Labute approximate surface area is 121 Å². The maximum atomic E-state index is 4.38. The zero-order valence-electron chi connectivity index (χ0n) is 12.8. The second-order valence-electron chi connectivity index (χ2n) is 6.35. The lowest BCUT2D eigenvalue weighted by Gasteiger charge is -2.43. The van der Waals surface area contributed by atoms with Crippen molar-refractivity contribution in [3.8, 4) is 0 Å². The molecule has 0 amide bonds. The molecule has 1 aliphatic rings. The van der Waals surface area contributed by atoms with Gasteiger partial charge in [0.25, 0.3) is 0 Å². The van der Waals surface area contributed by atoms with Crippen molar-refractivity contribution in [3.05, 3.63) is 16.1 Å². The fraction of sp³-hybridized carbons (Fsp3) is 0.800. The number of rotatable bonds is 4. The zero-order valence-corrected chi connectivity index (χ0v) is 13.6. The Kier molecular flexibility index (Phi) is 4.98. The zero-order chi connectivity index (χ0) is 14.0. The summed E-state index contributed by atoms with van der Waals surface area (Å²) < 4.78 is 0. The van der Waals surface area contributed by atoms with Crippen LogP contribution in [0.25, 0.3) is 0 Å². The van der Waals surface area contributed by atoms with Crippen LogP contribution in [0.4, 0.5) is 0 Å². The summed E-state index contributed by atoms with van der Waals surface area (Å²) >= 11 is 1.83. The first-order chi connectivity index (χ1) is 8.97. The summed E-state index contributed by atoms with van der Waals surface area (Å²) in [4.78, 5) is 8.43. The van der Waals surface area contributed by atoms with Gasteiger partial charge in [-0.05, 0) is 18.8 Å². The van der Waals surface area contributed by atoms with E-state index in [1.165, 1.54) is 9.88 Å². The van der Waals surface area contributed by atoms with Crippen molar-refractivity contribution in [2.24, 2.45) is 11.8 Å². The average molecular weight is 281 g/mol. The Morgan fingerprint density at radius 2 is 2.11 bits per heavy atom. The third-order valence-corrected chi connectivity index (χ3v) is 4.99. The topological polar surface area (TPSA) is 28.2 Å². The van der Waals surface area contributed by atoms with Gasteiger partial charge in [0, 0.05) is 42.8 Å². The van der Waals surface area contributed by atoms with Gasteiger partial charge < -0.3 is 5.32 Å². The molecular weight excluding hydrogens is 254 g/mol. The fourth-order valence-electron chi connectivity index (χ4n) is 2.82. The number of nitrogens with one attached hydrogen (secondary N) is 1. The number of aryl methyl sites for hydroxylation is 1. The van der Waals surface area contributed by atoms with E-state index in [-0.39, 0.29) is 0 Å². The smallest absolute Gasteiger partial charge is 0.0897 e. The molecule has 1 aliphatic heterocycles. The van der Waals surface area contributed by atoms with E-state index < -0.39 is 0 Å². The summed E-state index contributed by atoms with van der Waals surface area (Å²) in [7, 11) is 0. The Hall–Kier alpha value is -0.450. The van der Waals surface area contributed by atoms with Gasteiger partial charge in [0.2, 0.25) is 0 Å². The monoisotopic (exact) mass is 281 g/mol. The van der Waals surface area contributed by atoms with Crippen molar-refractivity contribution in [1.82, 2.24) is 15.2 Å². The van der Waals surface area contributed by atoms with E-state index in [0.717, 1.165) is 19.6 Å². The minimum absolute atomic E-state index is 0.615. The van der Waals surface area contributed by atoms with Crippen LogP contribution in [0.1, 0.15) is 37.6 Å². The Morgan fingerprint density at radius 1 is 1.37 bits per heavy atom. The van der Waals surface area contributed by atoms with Crippen LogP contribution < -0.4 is 5.32 Å². The van der Waals surface area contributed by atoms with E-state index in [9.17, 15) is 0 Å². The number of hydrogen-bond acceptors (Lipinski definition) is 4. The van der Waals surface area contributed by atoms with E-state index >= 15 is 0 Å². The molecule has 0 aromatic carbocycles. The number of hydrogen-bond donors (Lipinski definition) is 1. The molecule has 3 nitrogen and oxygen atoms in total. The van der Waals surface area contributed by atoms with Gasteiger partial charge in [-0.15, -0.1) is 11.3 Å². The van der Waals surface area contributed by atoms with Gasteiger partial charge in [-0.3, -0.25) is 4.90 Å². The molecule has 1 aromatic rings. The molecule has 0 bridgehead atoms. The molecule has 19 heavy (non-hydrogen) atoms. The quantitative estimate of drug-likeness (QED) is 0.920. The van der Waals surface area contributed by atoms with Crippen LogP contribution in [0, 0.1) is 18.8 Å². The molecular formula is C15H27N3S. The van der Waals surface area contributed by atoms with Gasteiger partial charge in [-0.2, -0.15) is 0 Å². The first kappa shape index (κ1) is 14.9. The summed E-state index contributed by atoms with van der Waals surface area (Å²) in [5.74, 6) is 1.38. The van der Waals surface area contributed by atoms with Crippen molar-refractivity contribution in [2.45, 2.75) is 53.2 Å². The molecule has 2 atom stereocenters. The Bertz CT molecular complexity index is 400. The van der Waals surface area contributed by atoms with Gasteiger partial charge in [0.05, 0.1) is 5.01 Å². The van der Waals surface area contributed by atoms with Crippen molar-refractivity contribution >= 4 is 11.3 Å². The Morgan fingerprint density at radius 3 is 2.63 bits per heavy atom. The molecule has 0 radical (unpaired) electrons. The lowest BCUT2D eigenvalue weighted by atomic mass is 9.94. The van der Waals surface area contributed by atoms with Crippen LogP contribution >= 0.6 is 11.3 Å². The highest BCUT2D eigenvalue weighted by Gasteiger charge is 2.31. The van der Waals surface area contributed by atoms with Gasteiger partial charge >= 0.3 is 0 Å². The predicted molar refractivity (Wildman–Crippen MR) is 82.5 cm³/mol. The van der Waals surface area contributed by atoms with Crippen LogP contribution in [0.5, 0.6) is 0 Å². The summed E-state index contributed by atoms with van der Waals surface area (Å²) in [6, 6.07) is 1.25. The molecule has 1 aromatic heterocycles. The molecule has 0 spiro atoms. The SMILES string of the molecule is Cc1ncc(CN2CC(C(C)C)NCC2C(C)C)s1. The van der Waals surface area contributed by atoms with Crippen molar-refractivity contribution in [1.29, 1.82) is 0 Å². The van der Waals surface area contributed by atoms with E-state index in [4.69, 9.17) is 0 Å². The third-order valence-electron chi connectivity index (χ3n) is 4.09. The predicted octanol–water partition coefficient (Wildman–Crippen LogP) is 2.91. The summed E-state index contributed by atoms with van der Waals surface area (Å²) in [5.41, 5.74) is 0. The van der Waals surface area contributed by atoms with Crippen LogP contribution in [-0.2, 0) is 6.54 Å². The second kappa shape index (κ2) is 6.33. The number of nitrogens with zero attached hydrogens (tertiary/aromatic N) is 2. The number of thiazole rings is 1. The van der Waals surface area contributed by atoms with Crippen molar-refractivity contribution in [2.75, 3.05) is 13.1 Å². The van der Waals surface area contributed by atoms with Crippen LogP contribution in [0.3, 0.4) is 0 Å².